The van der Waals surface area contributed by atoms with Gasteiger partial charge in [-0.15, -0.1) is 0 Å². The number of hydrogen-bond acceptors (Lipinski definition) is 3. The minimum atomic E-state index is 0.762. The Hall–Kier alpha value is -2.43. The summed E-state index contributed by atoms with van der Waals surface area (Å²) in [5.74, 6) is 1.62. The van der Waals surface area contributed by atoms with Gasteiger partial charge in [-0.2, -0.15) is 10.2 Å². The van der Waals surface area contributed by atoms with Gasteiger partial charge in [0.05, 0.1) is 18.3 Å². The molecule has 0 saturated carbocycles. The monoisotopic (exact) mass is 253 g/mol. The van der Waals surface area contributed by atoms with Crippen molar-refractivity contribution in [2.24, 2.45) is 7.05 Å². The second-order valence-electron chi connectivity index (χ2n) is 4.52. The predicted octanol–water partition coefficient (Wildman–Crippen LogP) is 2.04. The van der Waals surface area contributed by atoms with Gasteiger partial charge in [0.2, 0.25) is 0 Å². The SMILES string of the molecule is Cc1nc(-c2cnn(Cc3ccccc3)c2)n(C)n1. The smallest absolute Gasteiger partial charge is 0.161 e. The number of nitrogens with zero attached hydrogens (tertiary/aromatic N) is 5. The Morgan fingerprint density at radius 1 is 1.16 bits per heavy atom. The second kappa shape index (κ2) is 4.68. The molecule has 96 valence electrons. The molecule has 2 aromatic heterocycles. The molecule has 0 aliphatic rings. The van der Waals surface area contributed by atoms with Crippen molar-refractivity contribution in [3.05, 3.63) is 54.1 Å². The van der Waals surface area contributed by atoms with E-state index < -0.39 is 0 Å². The molecule has 5 nitrogen and oxygen atoms in total. The lowest BCUT2D eigenvalue weighted by atomic mass is 10.2. The number of aryl methyl sites for hydroxylation is 2. The lowest BCUT2D eigenvalue weighted by molar-refractivity contribution is 0.687. The molecule has 0 N–H and O–H groups in total. The van der Waals surface area contributed by atoms with Gasteiger partial charge < -0.3 is 0 Å². The molecular weight excluding hydrogens is 238 g/mol. The summed E-state index contributed by atoms with van der Waals surface area (Å²) in [6, 6.07) is 10.3. The molecule has 0 aliphatic heterocycles. The van der Waals surface area contributed by atoms with Crippen molar-refractivity contribution in [2.45, 2.75) is 13.5 Å². The number of rotatable bonds is 3. The van der Waals surface area contributed by atoms with Crippen LogP contribution < -0.4 is 0 Å². The maximum atomic E-state index is 4.40. The first-order valence-corrected chi connectivity index (χ1v) is 6.17. The van der Waals surface area contributed by atoms with Gasteiger partial charge in [-0.1, -0.05) is 30.3 Å². The zero-order valence-electron chi connectivity index (χ0n) is 11.0. The van der Waals surface area contributed by atoms with Crippen LogP contribution in [0.15, 0.2) is 42.7 Å². The van der Waals surface area contributed by atoms with Crippen LogP contribution in [0.5, 0.6) is 0 Å². The molecule has 0 saturated heterocycles. The van der Waals surface area contributed by atoms with Crippen LogP contribution in [0.1, 0.15) is 11.4 Å². The first-order chi connectivity index (χ1) is 9.22. The first-order valence-electron chi connectivity index (χ1n) is 6.17. The van der Waals surface area contributed by atoms with E-state index in [2.05, 4.69) is 27.3 Å². The summed E-state index contributed by atoms with van der Waals surface area (Å²) in [6.45, 7) is 2.65. The van der Waals surface area contributed by atoms with E-state index in [0.29, 0.717) is 0 Å². The van der Waals surface area contributed by atoms with Crippen LogP contribution in [-0.4, -0.2) is 24.5 Å². The molecule has 0 atom stereocenters. The fourth-order valence-electron chi connectivity index (χ4n) is 2.10. The molecule has 0 aliphatic carbocycles. The molecule has 0 radical (unpaired) electrons. The average molecular weight is 253 g/mol. The van der Waals surface area contributed by atoms with Crippen molar-refractivity contribution >= 4 is 0 Å². The van der Waals surface area contributed by atoms with Gasteiger partial charge >= 0.3 is 0 Å². The van der Waals surface area contributed by atoms with E-state index in [9.17, 15) is 0 Å². The highest BCUT2D eigenvalue weighted by Crippen LogP contribution is 2.15. The van der Waals surface area contributed by atoms with E-state index in [4.69, 9.17) is 0 Å². The maximum absolute atomic E-state index is 4.40. The van der Waals surface area contributed by atoms with Gasteiger partial charge in [-0.3, -0.25) is 4.68 Å². The molecule has 5 heteroatoms. The quantitative estimate of drug-likeness (QED) is 0.717. The van der Waals surface area contributed by atoms with E-state index >= 15 is 0 Å². The third-order valence-corrected chi connectivity index (χ3v) is 2.95. The molecular formula is C14H15N5. The van der Waals surface area contributed by atoms with E-state index in [1.54, 1.807) is 4.68 Å². The molecule has 0 amide bonds. The van der Waals surface area contributed by atoms with Crippen molar-refractivity contribution in [1.29, 1.82) is 0 Å². The molecule has 1 aromatic carbocycles. The van der Waals surface area contributed by atoms with Crippen molar-refractivity contribution in [2.75, 3.05) is 0 Å². The molecule has 3 rings (SSSR count). The lowest BCUT2D eigenvalue weighted by Gasteiger charge is -2.00. The third kappa shape index (κ3) is 2.40. The Morgan fingerprint density at radius 2 is 1.95 bits per heavy atom. The van der Waals surface area contributed by atoms with Gasteiger partial charge in [0.25, 0.3) is 0 Å². The highest BCUT2D eigenvalue weighted by Gasteiger charge is 2.09. The zero-order chi connectivity index (χ0) is 13.2. The van der Waals surface area contributed by atoms with Crippen LogP contribution in [0.3, 0.4) is 0 Å². The standard InChI is InChI=1S/C14H15N5/c1-11-16-14(18(2)17-11)13-8-15-19(10-13)9-12-6-4-3-5-7-12/h3-8,10H,9H2,1-2H3. The Labute approximate surface area is 111 Å². The van der Waals surface area contributed by atoms with Crippen molar-refractivity contribution in [3.8, 4) is 11.4 Å². The normalized spacial score (nSPS) is 10.8. The summed E-state index contributed by atoms with van der Waals surface area (Å²) in [5, 5.41) is 8.62. The molecule has 0 bridgehead atoms. The third-order valence-electron chi connectivity index (χ3n) is 2.95. The molecule has 3 aromatic rings. The molecule has 0 spiro atoms. The van der Waals surface area contributed by atoms with Crippen LogP contribution in [0.4, 0.5) is 0 Å². The van der Waals surface area contributed by atoms with Crippen molar-refractivity contribution in [1.82, 2.24) is 24.5 Å². The minimum absolute atomic E-state index is 0.762. The van der Waals surface area contributed by atoms with Gasteiger partial charge in [0.1, 0.15) is 5.82 Å². The van der Waals surface area contributed by atoms with Crippen LogP contribution >= 0.6 is 0 Å². The van der Waals surface area contributed by atoms with Crippen LogP contribution in [-0.2, 0) is 13.6 Å². The van der Waals surface area contributed by atoms with Crippen molar-refractivity contribution in [3.63, 3.8) is 0 Å². The van der Waals surface area contributed by atoms with Crippen molar-refractivity contribution < 1.29 is 0 Å². The number of benzene rings is 1. The summed E-state index contributed by atoms with van der Waals surface area (Å²) >= 11 is 0. The predicted molar refractivity (Wildman–Crippen MR) is 72.5 cm³/mol. The van der Waals surface area contributed by atoms with E-state index in [-0.39, 0.29) is 0 Å². The Kier molecular flexibility index (Phi) is 2.87. The number of hydrogen-bond donors (Lipinski definition) is 0. The Morgan fingerprint density at radius 3 is 2.63 bits per heavy atom. The molecule has 0 fully saturated rings. The minimum Gasteiger partial charge on any atom is -0.268 e. The largest absolute Gasteiger partial charge is 0.268 e. The van der Waals surface area contributed by atoms with E-state index in [1.807, 2.05) is 49.2 Å². The summed E-state index contributed by atoms with van der Waals surface area (Å²) in [5.41, 5.74) is 2.21. The average Bonchev–Trinajstić information content (AvgIpc) is 2.97. The highest BCUT2D eigenvalue weighted by molar-refractivity contribution is 5.52. The van der Waals surface area contributed by atoms with E-state index in [1.165, 1.54) is 5.56 Å². The van der Waals surface area contributed by atoms with Gasteiger partial charge in [0.15, 0.2) is 5.82 Å². The molecule has 0 unspecified atom stereocenters. The van der Waals surface area contributed by atoms with E-state index in [0.717, 1.165) is 23.8 Å². The molecule has 19 heavy (non-hydrogen) atoms. The fourth-order valence-corrected chi connectivity index (χ4v) is 2.10. The number of aromatic nitrogens is 5. The molecule has 2 heterocycles. The Bertz CT molecular complexity index is 681. The summed E-state index contributed by atoms with van der Waals surface area (Å²) in [7, 11) is 1.89. The van der Waals surface area contributed by atoms with Gasteiger partial charge in [-0.05, 0) is 12.5 Å². The summed E-state index contributed by atoms with van der Waals surface area (Å²) < 4.78 is 3.69. The zero-order valence-corrected chi connectivity index (χ0v) is 11.0. The highest BCUT2D eigenvalue weighted by atomic mass is 15.3. The first kappa shape index (κ1) is 11.6. The lowest BCUT2D eigenvalue weighted by Crippen LogP contribution is -1.99. The second-order valence-corrected chi connectivity index (χ2v) is 4.52. The topological polar surface area (TPSA) is 48.5 Å². The summed E-state index contributed by atoms with van der Waals surface area (Å²) in [4.78, 5) is 4.40. The van der Waals surface area contributed by atoms with Crippen LogP contribution in [0.2, 0.25) is 0 Å². The Balaban J connectivity index is 1.86. The summed E-state index contributed by atoms with van der Waals surface area (Å²) in [6.07, 6.45) is 3.82. The van der Waals surface area contributed by atoms with Gasteiger partial charge in [0, 0.05) is 13.2 Å². The van der Waals surface area contributed by atoms with Gasteiger partial charge in [-0.25, -0.2) is 9.67 Å². The maximum Gasteiger partial charge on any atom is 0.161 e. The van der Waals surface area contributed by atoms with Crippen LogP contribution in [0.25, 0.3) is 11.4 Å². The van der Waals surface area contributed by atoms with Crippen LogP contribution in [0, 0.1) is 6.92 Å². The fraction of sp³-hybridized carbons (Fsp3) is 0.214.